The molecule has 0 unspecified atom stereocenters. The van der Waals surface area contributed by atoms with E-state index < -0.39 is 0 Å². The molecular weight excluding hydrogens is 278 g/mol. The molecular formula is C17H21N3O2. The Morgan fingerprint density at radius 1 is 1.14 bits per heavy atom. The summed E-state index contributed by atoms with van der Waals surface area (Å²) in [5.41, 5.74) is 2.05. The van der Waals surface area contributed by atoms with Gasteiger partial charge >= 0.3 is 6.03 Å². The smallest absolute Gasteiger partial charge is 0.315 e. The molecule has 5 heteroatoms. The maximum Gasteiger partial charge on any atom is 0.315 e. The highest BCUT2D eigenvalue weighted by Gasteiger charge is 2.14. The normalized spacial score (nSPS) is 13.2. The highest BCUT2D eigenvalue weighted by Crippen LogP contribution is 2.10. The minimum Gasteiger partial charge on any atom is -0.394 e. The first-order chi connectivity index (χ1) is 10.7. The summed E-state index contributed by atoms with van der Waals surface area (Å²) in [6, 6.07) is 12.8. The van der Waals surface area contributed by atoms with E-state index in [1.54, 1.807) is 12.4 Å². The molecule has 0 saturated heterocycles. The van der Waals surface area contributed by atoms with E-state index in [1.165, 1.54) is 0 Å². The van der Waals surface area contributed by atoms with Gasteiger partial charge in [0.15, 0.2) is 0 Å². The van der Waals surface area contributed by atoms with Crippen LogP contribution in [0.2, 0.25) is 0 Å². The van der Waals surface area contributed by atoms with Gasteiger partial charge in [-0.1, -0.05) is 30.3 Å². The topological polar surface area (TPSA) is 74.2 Å². The summed E-state index contributed by atoms with van der Waals surface area (Å²) in [4.78, 5) is 16.0. The first kappa shape index (κ1) is 16.0. The number of rotatable bonds is 6. The Labute approximate surface area is 130 Å². The molecule has 3 N–H and O–H groups in total. The van der Waals surface area contributed by atoms with Crippen LogP contribution in [0.15, 0.2) is 54.9 Å². The number of hydrogen-bond donors (Lipinski definition) is 3. The van der Waals surface area contributed by atoms with Crippen LogP contribution < -0.4 is 10.6 Å². The van der Waals surface area contributed by atoms with Gasteiger partial charge in [0.1, 0.15) is 0 Å². The molecule has 2 atom stereocenters. The molecule has 22 heavy (non-hydrogen) atoms. The Hall–Kier alpha value is -2.40. The lowest BCUT2D eigenvalue weighted by molar-refractivity contribution is 0.213. The predicted octanol–water partition coefficient (Wildman–Crippen LogP) is 2.05. The van der Waals surface area contributed by atoms with Crippen LogP contribution in [0.3, 0.4) is 0 Å². The van der Waals surface area contributed by atoms with Crippen molar-refractivity contribution in [3.05, 3.63) is 66.0 Å². The van der Waals surface area contributed by atoms with Crippen molar-refractivity contribution < 1.29 is 9.90 Å². The van der Waals surface area contributed by atoms with E-state index in [1.807, 2.05) is 49.4 Å². The predicted molar refractivity (Wildman–Crippen MR) is 85.3 cm³/mol. The monoisotopic (exact) mass is 299 g/mol. The van der Waals surface area contributed by atoms with Gasteiger partial charge in [0.25, 0.3) is 0 Å². The Bertz CT molecular complexity index is 575. The van der Waals surface area contributed by atoms with Crippen LogP contribution in [0.25, 0.3) is 0 Å². The van der Waals surface area contributed by atoms with Crippen LogP contribution in [0.5, 0.6) is 0 Å². The molecule has 2 amide bonds. The second kappa shape index (κ2) is 8.14. The molecule has 2 aromatic rings. The molecule has 116 valence electrons. The number of carbonyl (C=O) groups is 1. The van der Waals surface area contributed by atoms with Crippen molar-refractivity contribution in [1.82, 2.24) is 15.6 Å². The molecule has 0 aliphatic rings. The summed E-state index contributed by atoms with van der Waals surface area (Å²) < 4.78 is 0. The van der Waals surface area contributed by atoms with Crippen molar-refractivity contribution in [3.8, 4) is 0 Å². The second-order valence-corrected chi connectivity index (χ2v) is 5.19. The number of nitrogens with one attached hydrogen (secondary N) is 2. The van der Waals surface area contributed by atoms with E-state index in [0.29, 0.717) is 6.42 Å². The summed E-state index contributed by atoms with van der Waals surface area (Å²) in [5.74, 6) is 0. The van der Waals surface area contributed by atoms with E-state index in [0.717, 1.165) is 11.1 Å². The lowest BCUT2D eigenvalue weighted by Crippen LogP contribution is -2.45. The molecule has 1 heterocycles. The fourth-order valence-corrected chi connectivity index (χ4v) is 2.22. The summed E-state index contributed by atoms with van der Waals surface area (Å²) >= 11 is 0. The van der Waals surface area contributed by atoms with Crippen molar-refractivity contribution in [1.29, 1.82) is 0 Å². The zero-order chi connectivity index (χ0) is 15.8. The molecule has 0 radical (unpaired) electrons. The second-order valence-electron chi connectivity index (χ2n) is 5.19. The molecule has 0 spiro atoms. The standard InChI is InChI=1S/C17H21N3O2/c1-13(15-7-9-18-10-8-15)19-17(22)20-16(12-21)11-14-5-3-2-4-6-14/h2-10,13,16,21H,11-12H2,1H3,(H2,19,20,22)/t13-,16-/m0/s1. The summed E-state index contributed by atoms with van der Waals surface area (Å²) in [5, 5.41) is 15.1. The Balaban J connectivity index is 1.87. The highest BCUT2D eigenvalue weighted by molar-refractivity contribution is 5.74. The third-order valence-corrected chi connectivity index (χ3v) is 3.43. The van der Waals surface area contributed by atoms with Gasteiger partial charge in [0, 0.05) is 12.4 Å². The van der Waals surface area contributed by atoms with Crippen LogP contribution in [-0.4, -0.2) is 28.8 Å². The number of carbonyl (C=O) groups excluding carboxylic acids is 1. The molecule has 0 aliphatic heterocycles. The van der Waals surface area contributed by atoms with Crippen molar-refractivity contribution in [2.45, 2.75) is 25.4 Å². The van der Waals surface area contributed by atoms with Gasteiger partial charge in [0.05, 0.1) is 18.7 Å². The summed E-state index contributed by atoms with van der Waals surface area (Å²) in [6.45, 7) is 1.80. The molecule has 1 aromatic heterocycles. The SMILES string of the molecule is C[C@H](NC(=O)N[C@H](CO)Cc1ccccc1)c1ccncc1. The highest BCUT2D eigenvalue weighted by atomic mass is 16.3. The third-order valence-electron chi connectivity index (χ3n) is 3.43. The van der Waals surface area contributed by atoms with Crippen LogP contribution in [0.4, 0.5) is 4.79 Å². The molecule has 0 saturated carbocycles. The average molecular weight is 299 g/mol. The number of pyridine rings is 1. The number of urea groups is 1. The van der Waals surface area contributed by atoms with Gasteiger partial charge in [-0.2, -0.15) is 0 Å². The van der Waals surface area contributed by atoms with E-state index in [2.05, 4.69) is 15.6 Å². The van der Waals surface area contributed by atoms with Crippen LogP contribution in [0.1, 0.15) is 24.1 Å². The van der Waals surface area contributed by atoms with Crippen LogP contribution in [-0.2, 0) is 6.42 Å². The molecule has 2 rings (SSSR count). The number of aromatic nitrogens is 1. The third kappa shape index (κ3) is 4.86. The van der Waals surface area contributed by atoms with E-state index in [4.69, 9.17) is 0 Å². The number of benzene rings is 1. The van der Waals surface area contributed by atoms with Crippen molar-refractivity contribution >= 4 is 6.03 Å². The largest absolute Gasteiger partial charge is 0.394 e. The number of aliphatic hydroxyl groups is 1. The van der Waals surface area contributed by atoms with Crippen LogP contribution >= 0.6 is 0 Å². The van der Waals surface area contributed by atoms with E-state index in [9.17, 15) is 9.90 Å². The quantitative estimate of drug-likeness (QED) is 0.764. The summed E-state index contributed by atoms with van der Waals surface area (Å²) in [7, 11) is 0. The van der Waals surface area contributed by atoms with Crippen LogP contribution in [0, 0.1) is 0 Å². The Morgan fingerprint density at radius 3 is 2.45 bits per heavy atom. The molecule has 1 aromatic carbocycles. The average Bonchev–Trinajstić information content (AvgIpc) is 2.56. The molecule has 0 bridgehead atoms. The fourth-order valence-electron chi connectivity index (χ4n) is 2.22. The van der Waals surface area contributed by atoms with E-state index in [-0.39, 0.29) is 24.7 Å². The van der Waals surface area contributed by atoms with E-state index >= 15 is 0 Å². The van der Waals surface area contributed by atoms with Crippen molar-refractivity contribution in [2.24, 2.45) is 0 Å². The Kier molecular flexibility index (Phi) is 5.91. The molecule has 5 nitrogen and oxygen atoms in total. The van der Waals surface area contributed by atoms with Gasteiger partial charge in [-0.05, 0) is 36.6 Å². The maximum absolute atomic E-state index is 12.0. The maximum atomic E-state index is 12.0. The van der Waals surface area contributed by atoms with Gasteiger partial charge < -0.3 is 15.7 Å². The lowest BCUT2D eigenvalue weighted by Gasteiger charge is -2.20. The summed E-state index contributed by atoms with van der Waals surface area (Å²) in [6.07, 6.45) is 3.98. The minimum atomic E-state index is -0.313. The lowest BCUT2D eigenvalue weighted by atomic mass is 10.1. The molecule has 0 fully saturated rings. The fraction of sp³-hybridized carbons (Fsp3) is 0.294. The molecule has 0 aliphatic carbocycles. The van der Waals surface area contributed by atoms with Gasteiger partial charge in [0.2, 0.25) is 0 Å². The zero-order valence-electron chi connectivity index (χ0n) is 12.6. The van der Waals surface area contributed by atoms with Gasteiger partial charge in [-0.3, -0.25) is 4.98 Å². The van der Waals surface area contributed by atoms with Gasteiger partial charge in [-0.25, -0.2) is 4.79 Å². The number of aliphatic hydroxyl groups excluding tert-OH is 1. The number of amides is 2. The number of nitrogens with zero attached hydrogens (tertiary/aromatic N) is 1. The first-order valence-electron chi connectivity index (χ1n) is 7.30. The Morgan fingerprint density at radius 2 is 1.82 bits per heavy atom. The van der Waals surface area contributed by atoms with Crippen molar-refractivity contribution in [3.63, 3.8) is 0 Å². The van der Waals surface area contributed by atoms with Gasteiger partial charge in [-0.15, -0.1) is 0 Å². The number of hydrogen-bond acceptors (Lipinski definition) is 3. The first-order valence-corrected chi connectivity index (χ1v) is 7.30. The van der Waals surface area contributed by atoms with Crippen molar-refractivity contribution in [2.75, 3.05) is 6.61 Å². The zero-order valence-corrected chi connectivity index (χ0v) is 12.6. The minimum absolute atomic E-state index is 0.105.